The van der Waals surface area contributed by atoms with E-state index in [0.717, 1.165) is 0 Å². The first-order valence-electron chi connectivity index (χ1n) is 5.67. The normalized spacial score (nSPS) is 20.6. The minimum absolute atomic E-state index is 0.594. The molecule has 1 aliphatic rings. The molecule has 0 amide bonds. The van der Waals surface area contributed by atoms with E-state index in [4.69, 9.17) is 0 Å². The van der Waals surface area contributed by atoms with Gasteiger partial charge in [0.15, 0.2) is 0 Å². The Morgan fingerprint density at radius 3 is 2.29 bits per heavy atom. The van der Waals surface area contributed by atoms with Gasteiger partial charge in [0, 0.05) is 6.04 Å². The number of rotatable bonds is 2. The maximum absolute atomic E-state index is 2.60. The highest BCUT2D eigenvalue weighted by molar-refractivity contribution is 5.18. The van der Waals surface area contributed by atoms with Gasteiger partial charge in [-0.25, -0.2) is 0 Å². The van der Waals surface area contributed by atoms with Gasteiger partial charge in [-0.1, -0.05) is 36.8 Å². The molecule has 0 aromatic heterocycles. The molecular formula is C13H19N. The molecule has 2 rings (SSSR count). The predicted octanol–water partition coefficient (Wildman–Crippen LogP) is 3.23. The second kappa shape index (κ2) is 4.61. The van der Waals surface area contributed by atoms with Crippen LogP contribution in [0.3, 0.4) is 0 Å². The average Bonchev–Trinajstić information content (AvgIpc) is 2.30. The van der Waals surface area contributed by atoms with E-state index < -0.39 is 0 Å². The van der Waals surface area contributed by atoms with Gasteiger partial charge < -0.3 is 0 Å². The molecule has 0 unspecified atom stereocenters. The van der Waals surface area contributed by atoms with Crippen molar-refractivity contribution >= 4 is 0 Å². The van der Waals surface area contributed by atoms with Gasteiger partial charge in [-0.2, -0.15) is 0 Å². The molecule has 0 bridgehead atoms. The Balaban J connectivity index is 2.03. The summed E-state index contributed by atoms with van der Waals surface area (Å²) in [7, 11) is 0. The maximum atomic E-state index is 2.60. The van der Waals surface area contributed by atoms with Gasteiger partial charge in [0.1, 0.15) is 0 Å². The highest BCUT2D eigenvalue weighted by Gasteiger charge is 2.17. The van der Waals surface area contributed by atoms with Crippen LogP contribution < -0.4 is 0 Å². The van der Waals surface area contributed by atoms with E-state index >= 15 is 0 Å². The minimum atomic E-state index is 0.594. The quantitative estimate of drug-likeness (QED) is 0.690. The van der Waals surface area contributed by atoms with Crippen LogP contribution >= 0.6 is 0 Å². The van der Waals surface area contributed by atoms with Gasteiger partial charge in [0.25, 0.3) is 0 Å². The van der Waals surface area contributed by atoms with E-state index in [2.05, 4.69) is 42.2 Å². The van der Waals surface area contributed by atoms with Crippen molar-refractivity contribution in [1.29, 1.82) is 0 Å². The van der Waals surface area contributed by atoms with E-state index in [1.54, 1.807) is 0 Å². The smallest absolute Gasteiger partial charge is 0.0319 e. The molecule has 1 atom stereocenters. The van der Waals surface area contributed by atoms with Crippen LogP contribution in [0.15, 0.2) is 30.3 Å². The van der Waals surface area contributed by atoms with Gasteiger partial charge in [-0.3, -0.25) is 4.90 Å². The summed E-state index contributed by atoms with van der Waals surface area (Å²) in [5, 5.41) is 0. The third-order valence-electron chi connectivity index (χ3n) is 3.22. The minimum Gasteiger partial charge on any atom is -0.297 e. The Morgan fingerprint density at radius 1 is 1.00 bits per heavy atom. The van der Waals surface area contributed by atoms with Gasteiger partial charge in [0.2, 0.25) is 0 Å². The fourth-order valence-corrected chi connectivity index (χ4v) is 2.25. The van der Waals surface area contributed by atoms with E-state index in [1.165, 1.54) is 37.9 Å². The largest absolute Gasteiger partial charge is 0.297 e. The van der Waals surface area contributed by atoms with E-state index in [-0.39, 0.29) is 0 Å². The number of nitrogens with zero attached hydrogens (tertiary/aromatic N) is 1. The van der Waals surface area contributed by atoms with Crippen LogP contribution in [0.4, 0.5) is 0 Å². The monoisotopic (exact) mass is 189 g/mol. The zero-order chi connectivity index (χ0) is 9.80. The zero-order valence-corrected chi connectivity index (χ0v) is 8.95. The van der Waals surface area contributed by atoms with Crippen LogP contribution in [0, 0.1) is 0 Å². The summed E-state index contributed by atoms with van der Waals surface area (Å²) in [6.45, 7) is 4.87. The predicted molar refractivity (Wildman–Crippen MR) is 60.3 cm³/mol. The Bertz CT molecular complexity index is 262. The number of hydrogen-bond acceptors (Lipinski definition) is 1. The molecule has 0 N–H and O–H groups in total. The Morgan fingerprint density at radius 2 is 1.64 bits per heavy atom. The molecule has 1 saturated heterocycles. The fraction of sp³-hybridized carbons (Fsp3) is 0.538. The molecule has 0 saturated carbocycles. The van der Waals surface area contributed by atoms with E-state index in [0.29, 0.717) is 6.04 Å². The zero-order valence-electron chi connectivity index (χ0n) is 8.95. The summed E-state index contributed by atoms with van der Waals surface area (Å²) in [6, 6.07) is 11.4. The van der Waals surface area contributed by atoms with Gasteiger partial charge >= 0.3 is 0 Å². The van der Waals surface area contributed by atoms with Gasteiger partial charge in [-0.15, -0.1) is 0 Å². The molecule has 1 aromatic rings. The van der Waals surface area contributed by atoms with Gasteiger partial charge in [-0.05, 0) is 38.4 Å². The molecule has 0 aliphatic carbocycles. The lowest BCUT2D eigenvalue weighted by atomic mass is 10.0. The number of benzene rings is 1. The summed E-state index contributed by atoms with van der Waals surface area (Å²) in [5.41, 5.74) is 1.45. The van der Waals surface area contributed by atoms with Crippen LogP contribution in [0.5, 0.6) is 0 Å². The third-order valence-corrected chi connectivity index (χ3v) is 3.22. The molecule has 0 radical (unpaired) electrons. The Labute approximate surface area is 86.7 Å². The highest BCUT2D eigenvalue weighted by atomic mass is 15.2. The van der Waals surface area contributed by atoms with Crippen molar-refractivity contribution in [3.63, 3.8) is 0 Å². The molecule has 1 aliphatic heterocycles. The summed E-state index contributed by atoms with van der Waals surface area (Å²) >= 11 is 0. The summed E-state index contributed by atoms with van der Waals surface area (Å²) in [5.74, 6) is 0. The molecule has 1 heterocycles. The molecule has 1 aromatic carbocycles. The molecule has 14 heavy (non-hydrogen) atoms. The molecule has 1 fully saturated rings. The van der Waals surface area contributed by atoms with Crippen molar-refractivity contribution in [2.24, 2.45) is 0 Å². The first-order chi connectivity index (χ1) is 6.88. The molecule has 0 spiro atoms. The van der Waals surface area contributed by atoms with Crippen molar-refractivity contribution in [2.45, 2.75) is 32.2 Å². The lowest BCUT2D eigenvalue weighted by Gasteiger charge is -2.32. The molecule has 1 heteroatoms. The molecule has 1 nitrogen and oxygen atoms in total. The van der Waals surface area contributed by atoms with Crippen LogP contribution in [0.2, 0.25) is 0 Å². The van der Waals surface area contributed by atoms with Crippen LogP contribution in [-0.4, -0.2) is 18.0 Å². The van der Waals surface area contributed by atoms with Crippen LogP contribution in [0.25, 0.3) is 0 Å². The lowest BCUT2D eigenvalue weighted by Crippen LogP contribution is -2.32. The number of likely N-dealkylation sites (tertiary alicyclic amines) is 1. The average molecular weight is 189 g/mol. The van der Waals surface area contributed by atoms with Crippen molar-refractivity contribution in [3.8, 4) is 0 Å². The third kappa shape index (κ3) is 2.16. The number of piperidine rings is 1. The summed E-state index contributed by atoms with van der Waals surface area (Å²) in [6.07, 6.45) is 4.16. The lowest BCUT2D eigenvalue weighted by molar-refractivity contribution is 0.175. The van der Waals surface area contributed by atoms with Crippen molar-refractivity contribution in [2.75, 3.05) is 13.1 Å². The van der Waals surface area contributed by atoms with Crippen LogP contribution in [-0.2, 0) is 0 Å². The summed E-state index contributed by atoms with van der Waals surface area (Å²) in [4.78, 5) is 2.60. The second-order valence-electron chi connectivity index (χ2n) is 4.18. The fourth-order valence-electron chi connectivity index (χ4n) is 2.25. The standard InChI is InChI=1S/C13H19N/c1-12(13-8-4-2-5-9-13)14-10-6-3-7-11-14/h2,4-5,8-9,12H,3,6-7,10-11H2,1H3/t12-/m0/s1. The van der Waals surface area contributed by atoms with Crippen molar-refractivity contribution in [1.82, 2.24) is 4.90 Å². The SMILES string of the molecule is C[C@@H](c1ccccc1)N1CCCCC1. The van der Waals surface area contributed by atoms with E-state index in [1.807, 2.05) is 0 Å². The van der Waals surface area contributed by atoms with Crippen LogP contribution in [0.1, 0.15) is 37.8 Å². The molecular weight excluding hydrogens is 170 g/mol. The first-order valence-corrected chi connectivity index (χ1v) is 5.67. The first kappa shape index (κ1) is 9.72. The maximum Gasteiger partial charge on any atom is 0.0319 e. The summed E-state index contributed by atoms with van der Waals surface area (Å²) < 4.78 is 0. The second-order valence-corrected chi connectivity index (χ2v) is 4.18. The Kier molecular flexibility index (Phi) is 3.20. The van der Waals surface area contributed by atoms with Crippen molar-refractivity contribution in [3.05, 3.63) is 35.9 Å². The molecule has 76 valence electrons. The van der Waals surface area contributed by atoms with Crippen molar-refractivity contribution < 1.29 is 0 Å². The highest BCUT2D eigenvalue weighted by Crippen LogP contribution is 2.23. The Hall–Kier alpha value is -0.820. The van der Waals surface area contributed by atoms with Gasteiger partial charge in [0.05, 0.1) is 0 Å². The van der Waals surface area contributed by atoms with E-state index in [9.17, 15) is 0 Å². The number of hydrogen-bond donors (Lipinski definition) is 0. The topological polar surface area (TPSA) is 3.24 Å².